The number of rotatable bonds is 3. The van der Waals surface area contributed by atoms with Crippen LogP contribution in [0.2, 0.25) is 0 Å². The topological polar surface area (TPSA) is 55.7 Å². The van der Waals surface area contributed by atoms with E-state index in [1.807, 2.05) is 6.07 Å². The molecule has 0 aromatic heterocycles. The molecule has 15 heavy (non-hydrogen) atoms. The second-order valence-corrected chi connectivity index (χ2v) is 2.95. The number of ketones is 1. The summed E-state index contributed by atoms with van der Waals surface area (Å²) in [7, 11) is 0. The van der Waals surface area contributed by atoms with Crippen LogP contribution in [-0.4, -0.2) is 17.5 Å². The van der Waals surface area contributed by atoms with E-state index >= 15 is 0 Å². The van der Waals surface area contributed by atoms with Crippen molar-refractivity contribution in [2.24, 2.45) is 5.16 Å². The number of carbonyl (C=O) groups excluding carboxylic acids is 2. The Hall–Kier alpha value is -1.97. The van der Waals surface area contributed by atoms with Crippen molar-refractivity contribution >= 4 is 17.5 Å². The van der Waals surface area contributed by atoms with Gasteiger partial charge in [0.15, 0.2) is 0 Å². The lowest BCUT2D eigenvalue weighted by atomic mass is 10.1. The summed E-state index contributed by atoms with van der Waals surface area (Å²) in [5.74, 6) is -0.799. The second-order valence-electron chi connectivity index (χ2n) is 2.95. The molecule has 1 aromatic rings. The molecule has 1 aromatic carbocycles. The first-order valence-electron chi connectivity index (χ1n) is 4.43. The van der Waals surface area contributed by atoms with E-state index in [0.717, 1.165) is 0 Å². The number of nitrogens with zero attached hydrogens (tertiary/aromatic N) is 1. The van der Waals surface area contributed by atoms with Crippen molar-refractivity contribution in [2.75, 3.05) is 0 Å². The smallest absolute Gasteiger partial charge is 0.318 e. The predicted molar refractivity (Wildman–Crippen MR) is 55.6 cm³/mol. The quantitative estimate of drug-likeness (QED) is 0.327. The zero-order valence-corrected chi connectivity index (χ0v) is 8.56. The summed E-state index contributed by atoms with van der Waals surface area (Å²) in [5, 5.41) is 3.42. The first-order valence-corrected chi connectivity index (χ1v) is 4.43. The van der Waals surface area contributed by atoms with Crippen molar-refractivity contribution in [1.29, 1.82) is 0 Å². The summed E-state index contributed by atoms with van der Waals surface area (Å²) >= 11 is 0. The third-order valence-electron chi connectivity index (χ3n) is 1.68. The SMILES string of the molecule is CC(=O)ON=C(C)C(=O)c1ccccc1. The monoisotopic (exact) mass is 205 g/mol. The Kier molecular flexibility index (Phi) is 3.74. The molecule has 0 atom stereocenters. The molecule has 0 aliphatic heterocycles. The fourth-order valence-electron chi connectivity index (χ4n) is 0.973. The van der Waals surface area contributed by atoms with Crippen LogP contribution in [0.15, 0.2) is 35.5 Å². The lowest BCUT2D eigenvalue weighted by Crippen LogP contribution is -2.11. The fourth-order valence-corrected chi connectivity index (χ4v) is 0.973. The van der Waals surface area contributed by atoms with Crippen molar-refractivity contribution in [1.82, 2.24) is 0 Å². The number of hydrogen-bond donors (Lipinski definition) is 0. The Balaban J connectivity index is 2.77. The molecule has 0 bridgehead atoms. The van der Waals surface area contributed by atoms with Gasteiger partial charge in [0.05, 0.1) is 0 Å². The van der Waals surface area contributed by atoms with Crippen LogP contribution in [0.4, 0.5) is 0 Å². The molecule has 0 aliphatic rings. The first-order chi connectivity index (χ1) is 7.11. The van der Waals surface area contributed by atoms with Gasteiger partial charge >= 0.3 is 5.97 Å². The maximum absolute atomic E-state index is 11.6. The molecule has 0 unspecified atom stereocenters. The molecule has 0 spiro atoms. The number of carbonyl (C=O) groups is 2. The lowest BCUT2D eigenvalue weighted by molar-refractivity contribution is -0.140. The minimum atomic E-state index is -0.546. The van der Waals surface area contributed by atoms with Crippen LogP contribution < -0.4 is 0 Å². The molecule has 0 heterocycles. The van der Waals surface area contributed by atoms with E-state index in [9.17, 15) is 9.59 Å². The Labute approximate surface area is 87.5 Å². The molecule has 4 heteroatoms. The number of benzene rings is 1. The van der Waals surface area contributed by atoms with E-state index in [1.54, 1.807) is 24.3 Å². The highest BCUT2D eigenvalue weighted by Crippen LogP contribution is 2.01. The summed E-state index contributed by atoms with van der Waals surface area (Å²) in [6, 6.07) is 8.68. The normalized spacial score (nSPS) is 10.9. The zero-order valence-electron chi connectivity index (χ0n) is 8.56. The molecule has 1 rings (SSSR count). The molecule has 0 saturated carbocycles. The standard InChI is InChI=1S/C11H11NO3/c1-8(12-15-9(2)13)11(14)10-6-4-3-5-7-10/h3-7H,1-2H3. The summed E-state index contributed by atoms with van der Waals surface area (Å²) in [6.45, 7) is 2.72. The molecule has 4 nitrogen and oxygen atoms in total. The molecule has 0 aliphatic carbocycles. The summed E-state index contributed by atoms with van der Waals surface area (Å²) in [4.78, 5) is 26.5. The molecule has 0 amide bonds. The van der Waals surface area contributed by atoms with E-state index in [2.05, 4.69) is 9.99 Å². The van der Waals surface area contributed by atoms with Crippen LogP contribution in [0, 0.1) is 0 Å². The Morgan fingerprint density at radius 2 is 1.73 bits per heavy atom. The summed E-state index contributed by atoms with van der Waals surface area (Å²) < 4.78 is 0. The minimum absolute atomic E-state index is 0.149. The van der Waals surface area contributed by atoms with Crippen LogP contribution in [0.3, 0.4) is 0 Å². The van der Waals surface area contributed by atoms with Gasteiger partial charge in [-0.15, -0.1) is 0 Å². The molecular weight excluding hydrogens is 194 g/mol. The summed E-state index contributed by atoms with van der Waals surface area (Å²) in [6.07, 6.45) is 0. The van der Waals surface area contributed by atoms with Gasteiger partial charge in [-0.05, 0) is 6.92 Å². The summed E-state index contributed by atoms with van der Waals surface area (Å²) in [5.41, 5.74) is 0.669. The van der Waals surface area contributed by atoms with Gasteiger partial charge in [-0.1, -0.05) is 35.5 Å². The van der Waals surface area contributed by atoms with E-state index < -0.39 is 5.97 Å². The lowest BCUT2D eigenvalue weighted by Gasteiger charge is -1.98. The van der Waals surface area contributed by atoms with Crippen molar-refractivity contribution < 1.29 is 14.4 Å². The first kappa shape index (κ1) is 11.1. The van der Waals surface area contributed by atoms with Gasteiger partial charge in [0.2, 0.25) is 5.78 Å². The molecule has 0 fully saturated rings. The third kappa shape index (κ3) is 3.34. The third-order valence-corrected chi connectivity index (χ3v) is 1.68. The van der Waals surface area contributed by atoms with Gasteiger partial charge in [0.1, 0.15) is 5.71 Å². The van der Waals surface area contributed by atoms with E-state index in [4.69, 9.17) is 0 Å². The average Bonchev–Trinajstić information content (AvgIpc) is 2.26. The Morgan fingerprint density at radius 3 is 2.27 bits per heavy atom. The van der Waals surface area contributed by atoms with Gasteiger partial charge in [-0.25, -0.2) is 4.79 Å². The highest BCUT2D eigenvalue weighted by molar-refractivity contribution is 6.45. The van der Waals surface area contributed by atoms with Gasteiger partial charge in [0.25, 0.3) is 0 Å². The molecular formula is C11H11NO3. The van der Waals surface area contributed by atoms with Gasteiger partial charge in [-0.3, -0.25) is 4.79 Å². The van der Waals surface area contributed by atoms with Gasteiger partial charge in [0, 0.05) is 12.5 Å². The number of oxime groups is 1. The van der Waals surface area contributed by atoms with Crippen molar-refractivity contribution in [3.05, 3.63) is 35.9 Å². The van der Waals surface area contributed by atoms with E-state index in [-0.39, 0.29) is 11.5 Å². The van der Waals surface area contributed by atoms with E-state index in [0.29, 0.717) is 5.56 Å². The van der Waals surface area contributed by atoms with Crippen molar-refractivity contribution in [3.63, 3.8) is 0 Å². The maximum Gasteiger partial charge on any atom is 0.331 e. The molecule has 78 valence electrons. The minimum Gasteiger partial charge on any atom is -0.318 e. The highest BCUT2D eigenvalue weighted by Gasteiger charge is 2.09. The average molecular weight is 205 g/mol. The number of Topliss-reactive ketones (excluding diaryl/α,β-unsaturated/α-hetero) is 1. The van der Waals surface area contributed by atoms with Crippen molar-refractivity contribution in [3.8, 4) is 0 Å². The molecule has 0 N–H and O–H groups in total. The van der Waals surface area contributed by atoms with Crippen LogP contribution in [0.1, 0.15) is 24.2 Å². The van der Waals surface area contributed by atoms with Gasteiger partial charge in [-0.2, -0.15) is 0 Å². The Bertz CT molecular complexity index is 396. The number of hydrogen-bond acceptors (Lipinski definition) is 4. The Morgan fingerprint density at radius 1 is 1.13 bits per heavy atom. The van der Waals surface area contributed by atoms with Crippen molar-refractivity contribution in [2.45, 2.75) is 13.8 Å². The van der Waals surface area contributed by atoms with Crippen LogP contribution >= 0.6 is 0 Å². The van der Waals surface area contributed by atoms with Crippen LogP contribution in [0.25, 0.3) is 0 Å². The molecule has 0 saturated heterocycles. The van der Waals surface area contributed by atoms with E-state index in [1.165, 1.54) is 13.8 Å². The fraction of sp³-hybridized carbons (Fsp3) is 0.182. The van der Waals surface area contributed by atoms with Crippen LogP contribution in [0.5, 0.6) is 0 Å². The maximum atomic E-state index is 11.6. The largest absolute Gasteiger partial charge is 0.331 e. The second kappa shape index (κ2) is 5.05. The van der Waals surface area contributed by atoms with Gasteiger partial charge < -0.3 is 4.84 Å². The molecule has 0 radical (unpaired) electrons. The predicted octanol–water partition coefficient (Wildman–Crippen LogP) is 1.81. The zero-order chi connectivity index (χ0) is 11.3. The van der Waals surface area contributed by atoms with Crippen LogP contribution in [-0.2, 0) is 9.63 Å². The highest BCUT2D eigenvalue weighted by atomic mass is 16.7.